The maximum atomic E-state index is 11.8. The monoisotopic (exact) mass is 374 g/mol. The highest BCUT2D eigenvalue weighted by atomic mass is 127. The lowest BCUT2D eigenvalue weighted by molar-refractivity contribution is -0.121. The van der Waals surface area contributed by atoms with Gasteiger partial charge in [0.05, 0.1) is 3.57 Å². The van der Waals surface area contributed by atoms with Gasteiger partial charge in [0.15, 0.2) is 0 Å². The minimum atomic E-state index is -0.286. The van der Waals surface area contributed by atoms with Gasteiger partial charge < -0.3 is 15.7 Å². The number of benzene rings is 1. The molecule has 1 aliphatic rings. The van der Waals surface area contributed by atoms with E-state index >= 15 is 0 Å². The summed E-state index contributed by atoms with van der Waals surface area (Å²) in [7, 11) is 0. The molecule has 1 aromatic rings. The molecule has 0 saturated heterocycles. The van der Waals surface area contributed by atoms with Gasteiger partial charge in [0, 0.05) is 24.6 Å². The first-order valence-electron chi connectivity index (χ1n) is 6.12. The van der Waals surface area contributed by atoms with Gasteiger partial charge in [-0.15, -0.1) is 0 Å². The van der Waals surface area contributed by atoms with E-state index in [-0.39, 0.29) is 24.0 Å². The van der Waals surface area contributed by atoms with E-state index < -0.39 is 0 Å². The number of hydrogen-bond donors (Lipinski definition) is 3. The fourth-order valence-corrected chi connectivity index (χ4v) is 1.91. The molecule has 0 aromatic heterocycles. The fraction of sp³-hybridized carbons (Fsp3) is 0.385. The normalized spacial score (nSPS) is 13.9. The first-order valence-corrected chi connectivity index (χ1v) is 7.20. The predicted molar refractivity (Wildman–Crippen MR) is 78.9 cm³/mol. The molecule has 2 amide bonds. The van der Waals surface area contributed by atoms with Crippen molar-refractivity contribution in [3.05, 3.63) is 27.3 Å². The van der Waals surface area contributed by atoms with Crippen molar-refractivity contribution in [3.8, 4) is 5.75 Å². The molecule has 0 unspecified atom stereocenters. The molecular formula is C13H15IN2O3. The summed E-state index contributed by atoms with van der Waals surface area (Å²) < 4.78 is 0.693. The molecule has 0 bridgehead atoms. The summed E-state index contributed by atoms with van der Waals surface area (Å²) in [6, 6.07) is 5.07. The largest absolute Gasteiger partial charge is 0.507 e. The third-order valence-electron chi connectivity index (χ3n) is 2.79. The van der Waals surface area contributed by atoms with E-state index in [1.807, 2.05) is 22.6 Å². The summed E-state index contributed by atoms with van der Waals surface area (Å²) in [6.45, 7) is 0.296. The van der Waals surface area contributed by atoms with Crippen molar-refractivity contribution in [2.75, 3.05) is 6.54 Å². The number of carbonyl (C=O) groups excluding carboxylic acids is 2. The lowest BCUT2D eigenvalue weighted by Gasteiger charge is -2.06. The van der Waals surface area contributed by atoms with Crippen molar-refractivity contribution < 1.29 is 14.7 Å². The van der Waals surface area contributed by atoms with Crippen molar-refractivity contribution in [2.24, 2.45) is 0 Å². The Morgan fingerprint density at radius 3 is 2.74 bits per heavy atom. The number of aromatic hydroxyl groups is 1. The molecule has 102 valence electrons. The molecule has 3 N–H and O–H groups in total. The molecule has 1 aliphatic carbocycles. The van der Waals surface area contributed by atoms with Gasteiger partial charge in [-0.3, -0.25) is 9.59 Å². The SMILES string of the molecule is O=C(CCNC(=O)c1ccc(I)c(O)c1)NC1CC1. The standard InChI is InChI=1S/C13H15IN2O3/c14-10-4-1-8(7-11(10)17)13(19)15-6-5-12(18)16-9-2-3-9/h1,4,7,9,17H,2-3,5-6H2,(H,15,19)(H,16,18). The van der Waals surface area contributed by atoms with E-state index in [0.717, 1.165) is 12.8 Å². The number of hydrogen-bond acceptors (Lipinski definition) is 3. The predicted octanol–water partition coefficient (Wildman–Crippen LogP) is 1.40. The third kappa shape index (κ3) is 4.38. The molecule has 0 spiro atoms. The fourth-order valence-electron chi connectivity index (χ4n) is 1.57. The molecule has 5 nitrogen and oxygen atoms in total. The zero-order valence-corrected chi connectivity index (χ0v) is 12.4. The first-order chi connectivity index (χ1) is 9.06. The number of nitrogens with one attached hydrogen (secondary N) is 2. The van der Waals surface area contributed by atoms with Crippen LogP contribution < -0.4 is 10.6 Å². The smallest absolute Gasteiger partial charge is 0.251 e. The van der Waals surface area contributed by atoms with E-state index in [9.17, 15) is 14.7 Å². The van der Waals surface area contributed by atoms with Gasteiger partial charge in [0.1, 0.15) is 5.75 Å². The summed E-state index contributed by atoms with van der Waals surface area (Å²) in [6.07, 6.45) is 2.39. The second-order valence-corrected chi connectivity index (χ2v) is 5.68. The van der Waals surface area contributed by atoms with Gasteiger partial charge >= 0.3 is 0 Å². The highest BCUT2D eigenvalue weighted by molar-refractivity contribution is 14.1. The number of phenols is 1. The number of amides is 2. The van der Waals surface area contributed by atoms with Crippen molar-refractivity contribution in [3.63, 3.8) is 0 Å². The van der Waals surface area contributed by atoms with Crippen LogP contribution in [0.15, 0.2) is 18.2 Å². The van der Waals surface area contributed by atoms with Crippen LogP contribution in [-0.4, -0.2) is 29.5 Å². The quantitative estimate of drug-likeness (QED) is 0.682. The van der Waals surface area contributed by atoms with E-state index in [1.165, 1.54) is 6.07 Å². The molecular weight excluding hydrogens is 359 g/mol. The van der Waals surface area contributed by atoms with Crippen molar-refractivity contribution in [1.82, 2.24) is 10.6 Å². The van der Waals surface area contributed by atoms with E-state index in [1.54, 1.807) is 12.1 Å². The molecule has 1 aromatic carbocycles. The van der Waals surface area contributed by atoms with Gasteiger partial charge in [-0.2, -0.15) is 0 Å². The number of carbonyl (C=O) groups is 2. The van der Waals surface area contributed by atoms with Crippen LogP contribution in [0.4, 0.5) is 0 Å². The van der Waals surface area contributed by atoms with Crippen molar-refractivity contribution in [1.29, 1.82) is 0 Å². The average Bonchev–Trinajstić information content (AvgIpc) is 3.16. The molecule has 2 rings (SSSR count). The first kappa shape index (κ1) is 14.1. The minimum absolute atomic E-state index is 0.0340. The minimum Gasteiger partial charge on any atom is -0.507 e. The van der Waals surface area contributed by atoms with Crippen LogP contribution >= 0.6 is 22.6 Å². The molecule has 0 radical (unpaired) electrons. The van der Waals surface area contributed by atoms with Crippen LogP contribution in [0.2, 0.25) is 0 Å². The topological polar surface area (TPSA) is 78.4 Å². The summed E-state index contributed by atoms with van der Waals surface area (Å²) in [5.41, 5.74) is 0.389. The Balaban J connectivity index is 1.76. The van der Waals surface area contributed by atoms with E-state index in [2.05, 4.69) is 10.6 Å². The summed E-state index contributed by atoms with van der Waals surface area (Å²) in [4.78, 5) is 23.2. The summed E-state index contributed by atoms with van der Waals surface area (Å²) in [5.74, 6) is -0.237. The third-order valence-corrected chi connectivity index (χ3v) is 3.70. The Labute approximate surface area is 124 Å². The average molecular weight is 374 g/mol. The second-order valence-electron chi connectivity index (χ2n) is 4.51. The maximum Gasteiger partial charge on any atom is 0.251 e. The van der Waals surface area contributed by atoms with E-state index in [4.69, 9.17) is 0 Å². The Morgan fingerprint density at radius 2 is 2.11 bits per heavy atom. The van der Waals surface area contributed by atoms with Crippen LogP contribution in [-0.2, 0) is 4.79 Å². The second kappa shape index (κ2) is 6.23. The zero-order chi connectivity index (χ0) is 13.8. The Kier molecular flexibility index (Phi) is 4.62. The van der Waals surface area contributed by atoms with Crippen LogP contribution in [0.1, 0.15) is 29.6 Å². The summed E-state index contributed by atoms with van der Waals surface area (Å²) >= 11 is 1.98. The number of phenolic OH excluding ortho intramolecular Hbond substituents is 1. The lowest BCUT2D eigenvalue weighted by Crippen LogP contribution is -2.31. The van der Waals surface area contributed by atoms with Crippen LogP contribution in [0.3, 0.4) is 0 Å². The van der Waals surface area contributed by atoms with E-state index in [0.29, 0.717) is 21.7 Å². The number of halogens is 1. The van der Waals surface area contributed by atoms with Gasteiger partial charge in [0.2, 0.25) is 5.91 Å². The highest BCUT2D eigenvalue weighted by Gasteiger charge is 2.22. The lowest BCUT2D eigenvalue weighted by atomic mass is 10.2. The Bertz CT molecular complexity index is 501. The molecule has 1 fully saturated rings. The molecule has 1 saturated carbocycles. The molecule has 0 heterocycles. The molecule has 19 heavy (non-hydrogen) atoms. The molecule has 6 heteroatoms. The van der Waals surface area contributed by atoms with Crippen molar-refractivity contribution >= 4 is 34.4 Å². The van der Waals surface area contributed by atoms with Gasteiger partial charge in [-0.25, -0.2) is 0 Å². The number of rotatable bonds is 5. The molecule has 0 aliphatic heterocycles. The van der Waals surface area contributed by atoms with Crippen LogP contribution in [0, 0.1) is 3.57 Å². The summed E-state index contributed by atoms with van der Waals surface area (Å²) in [5, 5.41) is 15.0. The van der Waals surface area contributed by atoms with Crippen LogP contribution in [0.25, 0.3) is 0 Å². The van der Waals surface area contributed by atoms with Gasteiger partial charge in [0.25, 0.3) is 5.91 Å². The van der Waals surface area contributed by atoms with Crippen LogP contribution in [0.5, 0.6) is 5.75 Å². The van der Waals surface area contributed by atoms with Crippen molar-refractivity contribution in [2.45, 2.75) is 25.3 Å². The Hall–Kier alpha value is -1.31. The maximum absolute atomic E-state index is 11.8. The molecule has 0 atom stereocenters. The zero-order valence-electron chi connectivity index (χ0n) is 10.3. The highest BCUT2D eigenvalue weighted by Crippen LogP contribution is 2.20. The van der Waals surface area contributed by atoms with Gasteiger partial charge in [-0.1, -0.05) is 0 Å². The Morgan fingerprint density at radius 1 is 1.37 bits per heavy atom. The van der Waals surface area contributed by atoms with Gasteiger partial charge in [-0.05, 0) is 53.6 Å².